The van der Waals surface area contributed by atoms with Gasteiger partial charge in [0.05, 0.1) is 0 Å². The zero-order chi connectivity index (χ0) is 20.5. The van der Waals surface area contributed by atoms with Crippen LogP contribution in [0.1, 0.15) is 113 Å². The van der Waals surface area contributed by atoms with E-state index in [-0.39, 0.29) is 0 Å². The van der Waals surface area contributed by atoms with Crippen LogP contribution in [0.15, 0.2) is 48.5 Å². The van der Waals surface area contributed by atoms with Crippen molar-refractivity contribution in [2.75, 3.05) is 0 Å². The van der Waals surface area contributed by atoms with Crippen molar-refractivity contribution in [2.24, 2.45) is 5.92 Å². The van der Waals surface area contributed by atoms with Crippen LogP contribution in [0.5, 0.6) is 0 Å². The fraction of sp³-hybridized carbons (Fsp3) is 0.586. The number of unbranched alkanes of at least 4 members (excludes halogenated alkanes) is 2. The van der Waals surface area contributed by atoms with E-state index >= 15 is 0 Å². The molecule has 0 bridgehead atoms. The highest BCUT2D eigenvalue weighted by molar-refractivity contribution is 5.30. The van der Waals surface area contributed by atoms with Crippen molar-refractivity contribution >= 4 is 0 Å². The summed E-state index contributed by atoms with van der Waals surface area (Å²) in [5, 5.41) is 0. The predicted octanol–water partition coefficient (Wildman–Crippen LogP) is 8.84. The maximum absolute atomic E-state index is 2.42. The molecule has 29 heavy (non-hydrogen) atoms. The van der Waals surface area contributed by atoms with Gasteiger partial charge in [0, 0.05) is 0 Å². The molecule has 0 saturated heterocycles. The Balaban J connectivity index is 1.50. The van der Waals surface area contributed by atoms with Gasteiger partial charge in [0.1, 0.15) is 0 Å². The molecule has 3 rings (SSSR count). The average molecular weight is 391 g/mol. The van der Waals surface area contributed by atoms with Gasteiger partial charge in [0.25, 0.3) is 0 Å². The minimum Gasteiger partial charge on any atom is -0.0654 e. The van der Waals surface area contributed by atoms with E-state index in [0.29, 0.717) is 5.92 Å². The number of aryl methyl sites for hydroxylation is 1. The van der Waals surface area contributed by atoms with Crippen LogP contribution < -0.4 is 0 Å². The van der Waals surface area contributed by atoms with Gasteiger partial charge in [-0.3, -0.25) is 0 Å². The minimum absolute atomic E-state index is 0.579. The maximum atomic E-state index is 2.42. The lowest BCUT2D eigenvalue weighted by Crippen LogP contribution is -2.13. The van der Waals surface area contributed by atoms with E-state index in [9.17, 15) is 0 Å². The molecule has 2 aromatic carbocycles. The molecule has 1 fully saturated rings. The molecule has 0 nitrogen and oxygen atoms in total. The van der Waals surface area contributed by atoms with Crippen LogP contribution in [0, 0.1) is 5.92 Å². The van der Waals surface area contributed by atoms with Crippen LogP contribution in [-0.4, -0.2) is 0 Å². The Kier molecular flexibility index (Phi) is 8.84. The van der Waals surface area contributed by atoms with Gasteiger partial charge in [0.15, 0.2) is 0 Å². The van der Waals surface area contributed by atoms with Crippen LogP contribution in [0.2, 0.25) is 0 Å². The highest BCUT2D eigenvalue weighted by Gasteiger charge is 2.21. The molecule has 0 aliphatic heterocycles. The SMILES string of the molecule is CCCCCc1ccc(C(C)Cc2ccc([C@H]3CC[C@H](CCC)CC3)cc2)cc1. The van der Waals surface area contributed by atoms with Crippen molar-refractivity contribution < 1.29 is 0 Å². The Labute approximate surface area is 180 Å². The van der Waals surface area contributed by atoms with Gasteiger partial charge < -0.3 is 0 Å². The third-order valence-corrected chi connectivity index (χ3v) is 7.15. The molecule has 1 aliphatic rings. The maximum Gasteiger partial charge on any atom is -0.0150 e. The molecule has 1 atom stereocenters. The molecule has 1 aliphatic carbocycles. The van der Waals surface area contributed by atoms with Gasteiger partial charge in [0.2, 0.25) is 0 Å². The first-order chi connectivity index (χ1) is 14.2. The second-order valence-corrected chi connectivity index (χ2v) is 9.55. The first kappa shape index (κ1) is 22.1. The monoisotopic (exact) mass is 390 g/mol. The van der Waals surface area contributed by atoms with Crippen LogP contribution >= 0.6 is 0 Å². The second-order valence-electron chi connectivity index (χ2n) is 9.55. The Bertz CT molecular complexity index is 686. The van der Waals surface area contributed by atoms with Gasteiger partial charge in [-0.25, -0.2) is 0 Å². The summed E-state index contributed by atoms with van der Waals surface area (Å²) in [5.41, 5.74) is 6.02. The van der Waals surface area contributed by atoms with Gasteiger partial charge >= 0.3 is 0 Å². The quantitative estimate of drug-likeness (QED) is 0.355. The molecule has 0 aromatic heterocycles. The Morgan fingerprint density at radius 1 is 0.759 bits per heavy atom. The van der Waals surface area contributed by atoms with Crippen LogP contribution in [0.3, 0.4) is 0 Å². The zero-order valence-corrected chi connectivity index (χ0v) is 19.1. The summed E-state index contributed by atoms with van der Waals surface area (Å²) in [6.07, 6.45) is 14.8. The van der Waals surface area contributed by atoms with Gasteiger partial charge in [-0.05, 0) is 85.0 Å². The van der Waals surface area contributed by atoms with Crippen LogP contribution in [0.4, 0.5) is 0 Å². The first-order valence-electron chi connectivity index (χ1n) is 12.4. The lowest BCUT2D eigenvalue weighted by molar-refractivity contribution is 0.308. The zero-order valence-electron chi connectivity index (χ0n) is 19.1. The second kappa shape index (κ2) is 11.6. The molecule has 0 radical (unpaired) electrons. The van der Waals surface area contributed by atoms with Crippen molar-refractivity contribution in [2.45, 2.75) is 103 Å². The van der Waals surface area contributed by atoms with Gasteiger partial charge in [-0.2, -0.15) is 0 Å². The lowest BCUT2D eigenvalue weighted by Gasteiger charge is -2.28. The Morgan fingerprint density at radius 2 is 1.41 bits per heavy atom. The number of benzene rings is 2. The fourth-order valence-corrected chi connectivity index (χ4v) is 5.18. The number of hydrogen-bond donors (Lipinski definition) is 0. The molecule has 1 saturated carbocycles. The molecule has 0 spiro atoms. The number of rotatable bonds is 10. The van der Waals surface area contributed by atoms with E-state index in [4.69, 9.17) is 0 Å². The van der Waals surface area contributed by atoms with Crippen molar-refractivity contribution in [3.05, 3.63) is 70.8 Å². The first-order valence-corrected chi connectivity index (χ1v) is 12.4. The standard InChI is InChI=1S/C29H42/c1-4-6-7-9-25-10-16-27(17-11-25)23(3)22-26-14-20-29(21-15-26)28-18-12-24(8-5-2)13-19-28/h10-11,14-17,20-21,23-24,28H,4-9,12-13,18-19,22H2,1-3H3/t23?,24-,28-. The summed E-state index contributed by atoms with van der Waals surface area (Å²) < 4.78 is 0. The van der Waals surface area contributed by atoms with Crippen molar-refractivity contribution in [3.8, 4) is 0 Å². The van der Waals surface area contributed by atoms with E-state index in [0.717, 1.165) is 18.3 Å². The third kappa shape index (κ3) is 6.73. The minimum atomic E-state index is 0.579. The topological polar surface area (TPSA) is 0 Å². The Hall–Kier alpha value is -1.56. The lowest BCUT2D eigenvalue weighted by atomic mass is 9.77. The summed E-state index contributed by atoms with van der Waals surface area (Å²) in [7, 11) is 0. The smallest absolute Gasteiger partial charge is 0.0150 e. The fourth-order valence-electron chi connectivity index (χ4n) is 5.18. The van der Waals surface area contributed by atoms with Gasteiger partial charge in [-0.15, -0.1) is 0 Å². The summed E-state index contributed by atoms with van der Waals surface area (Å²) in [5.74, 6) is 2.37. The molecule has 0 amide bonds. The summed E-state index contributed by atoms with van der Waals surface area (Å²) in [6, 6.07) is 19.0. The van der Waals surface area contributed by atoms with Crippen molar-refractivity contribution in [3.63, 3.8) is 0 Å². The van der Waals surface area contributed by atoms with Crippen LogP contribution in [0.25, 0.3) is 0 Å². The predicted molar refractivity (Wildman–Crippen MR) is 128 cm³/mol. The molecular weight excluding hydrogens is 348 g/mol. The molecule has 158 valence electrons. The van der Waals surface area contributed by atoms with E-state index in [2.05, 4.69) is 69.3 Å². The van der Waals surface area contributed by atoms with E-state index in [1.807, 2.05) is 0 Å². The molecule has 2 aromatic rings. The third-order valence-electron chi connectivity index (χ3n) is 7.15. The van der Waals surface area contributed by atoms with E-state index in [1.165, 1.54) is 80.9 Å². The number of hydrogen-bond acceptors (Lipinski definition) is 0. The molecule has 0 heteroatoms. The largest absolute Gasteiger partial charge is 0.0654 e. The highest BCUT2D eigenvalue weighted by atomic mass is 14.3. The van der Waals surface area contributed by atoms with Crippen LogP contribution in [-0.2, 0) is 12.8 Å². The average Bonchev–Trinajstić information content (AvgIpc) is 2.76. The van der Waals surface area contributed by atoms with Crippen molar-refractivity contribution in [1.82, 2.24) is 0 Å². The summed E-state index contributed by atoms with van der Waals surface area (Å²) in [6.45, 7) is 6.97. The van der Waals surface area contributed by atoms with E-state index in [1.54, 1.807) is 5.56 Å². The highest BCUT2D eigenvalue weighted by Crippen LogP contribution is 2.37. The Morgan fingerprint density at radius 3 is 2.03 bits per heavy atom. The molecule has 0 N–H and O–H groups in total. The summed E-state index contributed by atoms with van der Waals surface area (Å²) in [4.78, 5) is 0. The van der Waals surface area contributed by atoms with Crippen molar-refractivity contribution in [1.29, 1.82) is 0 Å². The molecular formula is C29H42. The molecule has 1 unspecified atom stereocenters. The molecule has 0 heterocycles. The van der Waals surface area contributed by atoms with Gasteiger partial charge in [-0.1, -0.05) is 95.0 Å². The normalized spacial score (nSPS) is 20.5. The summed E-state index contributed by atoms with van der Waals surface area (Å²) >= 11 is 0. The van der Waals surface area contributed by atoms with E-state index < -0.39 is 0 Å².